The van der Waals surface area contributed by atoms with E-state index in [2.05, 4.69) is 5.32 Å². The van der Waals surface area contributed by atoms with Crippen molar-refractivity contribution < 1.29 is 17.9 Å². The van der Waals surface area contributed by atoms with Crippen molar-refractivity contribution in [2.24, 2.45) is 0 Å². The molecule has 1 fully saturated rings. The van der Waals surface area contributed by atoms with Crippen molar-refractivity contribution in [3.05, 3.63) is 90.0 Å². The number of nitrogens with one attached hydrogen (secondary N) is 1. The molecule has 3 aromatic rings. The van der Waals surface area contributed by atoms with Crippen LogP contribution in [0.25, 0.3) is 0 Å². The van der Waals surface area contributed by atoms with E-state index < -0.39 is 10.0 Å². The van der Waals surface area contributed by atoms with E-state index in [1.807, 2.05) is 60.7 Å². The summed E-state index contributed by atoms with van der Waals surface area (Å²) >= 11 is 0. The fourth-order valence-corrected chi connectivity index (χ4v) is 5.14. The van der Waals surface area contributed by atoms with Crippen LogP contribution >= 0.6 is 0 Å². The molecule has 0 spiro atoms. The Labute approximate surface area is 183 Å². The summed E-state index contributed by atoms with van der Waals surface area (Å²) in [5, 5.41) is 3.51. The molecule has 162 valence electrons. The molecule has 1 N–H and O–H groups in total. The van der Waals surface area contributed by atoms with Gasteiger partial charge in [0, 0.05) is 13.1 Å². The highest BCUT2D eigenvalue weighted by Gasteiger charge is 2.27. The standard InChI is InChI=1S/C24H26N2O4S/c1-29-23-13-12-21(31(27,28)26-14-16-30-17-15-26)18-22(23)25-24(19-8-4-2-5-9-19)20-10-6-3-7-11-20/h2-13,18,24-25H,14-17H2,1H3. The fourth-order valence-electron chi connectivity index (χ4n) is 3.70. The van der Waals surface area contributed by atoms with Gasteiger partial charge in [-0.15, -0.1) is 0 Å². The third-order valence-electron chi connectivity index (χ3n) is 5.34. The first-order chi connectivity index (χ1) is 15.1. The minimum Gasteiger partial charge on any atom is -0.495 e. The van der Waals surface area contributed by atoms with Crippen LogP contribution in [0.4, 0.5) is 5.69 Å². The van der Waals surface area contributed by atoms with Crippen LogP contribution in [0.2, 0.25) is 0 Å². The van der Waals surface area contributed by atoms with Crippen LogP contribution in [0.15, 0.2) is 83.8 Å². The summed E-state index contributed by atoms with van der Waals surface area (Å²) in [6, 6.07) is 24.9. The van der Waals surface area contributed by atoms with Crippen LogP contribution in [-0.2, 0) is 14.8 Å². The number of benzene rings is 3. The molecule has 0 atom stereocenters. The second-order valence-corrected chi connectivity index (χ2v) is 9.22. The van der Waals surface area contributed by atoms with Gasteiger partial charge in [0.15, 0.2) is 0 Å². The quantitative estimate of drug-likeness (QED) is 0.606. The SMILES string of the molecule is COc1ccc(S(=O)(=O)N2CCOCC2)cc1NC(c1ccccc1)c1ccccc1. The zero-order valence-electron chi connectivity index (χ0n) is 17.4. The second-order valence-electron chi connectivity index (χ2n) is 7.28. The van der Waals surface area contributed by atoms with E-state index in [-0.39, 0.29) is 10.9 Å². The Kier molecular flexibility index (Phi) is 6.56. The van der Waals surface area contributed by atoms with Crippen LogP contribution in [0.1, 0.15) is 17.2 Å². The van der Waals surface area contributed by atoms with E-state index in [4.69, 9.17) is 9.47 Å². The molecule has 0 aliphatic carbocycles. The number of hydrogen-bond donors (Lipinski definition) is 1. The number of hydrogen-bond acceptors (Lipinski definition) is 5. The van der Waals surface area contributed by atoms with Crippen LogP contribution in [0, 0.1) is 0 Å². The van der Waals surface area contributed by atoms with Crippen molar-refractivity contribution in [1.29, 1.82) is 0 Å². The lowest BCUT2D eigenvalue weighted by atomic mass is 9.98. The first kappa shape index (κ1) is 21.4. The molecule has 0 saturated carbocycles. The summed E-state index contributed by atoms with van der Waals surface area (Å²) in [4.78, 5) is 0.234. The van der Waals surface area contributed by atoms with E-state index in [0.29, 0.717) is 37.7 Å². The van der Waals surface area contributed by atoms with E-state index in [1.165, 1.54) is 4.31 Å². The number of ether oxygens (including phenoxy) is 2. The molecule has 31 heavy (non-hydrogen) atoms. The van der Waals surface area contributed by atoms with Crippen molar-refractivity contribution in [3.8, 4) is 5.75 Å². The molecule has 1 aliphatic rings. The maximum Gasteiger partial charge on any atom is 0.243 e. The monoisotopic (exact) mass is 438 g/mol. The molecule has 4 rings (SSSR count). The topological polar surface area (TPSA) is 67.9 Å². The number of morpholine rings is 1. The summed E-state index contributed by atoms with van der Waals surface area (Å²) in [6.45, 7) is 1.52. The highest BCUT2D eigenvalue weighted by atomic mass is 32.2. The molecular formula is C24H26N2O4S. The van der Waals surface area contributed by atoms with Gasteiger partial charge in [0.05, 0.1) is 36.9 Å². The Hall–Kier alpha value is -2.87. The zero-order chi connectivity index (χ0) is 21.7. The van der Waals surface area contributed by atoms with Gasteiger partial charge in [-0.1, -0.05) is 60.7 Å². The van der Waals surface area contributed by atoms with Crippen LogP contribution in [0.5, 0.6) is 5.75 Å². The number of anilines is 1. The van der Waals surface area contributed by atoms with Crippen LogP contribution < -0.4 is 10.1 Å². The lowest BCUT2D eigenvalue weighted by molar-refractivity contribution is 0.0730. The molecule has 6 nitrogen and oxygen atoms in total. The summed E-state index contributed by atoms with van der Waals surface area (Å²) in [6.07, 6.45) is 0. The van der Waals surface area contributed by atoms with Crippen molar-refractivity contribution in [2.45, 2.75) is 10.9 Å². The van der Waals surface area contributed by atoms with Crippen LogP contribution in [0.3, 0.4) is 0 Å². The molecule has 0 bridgehead atoms. The van der Waals surface area contributed by atoms with E-state index in [9.17, 15) is 8.42 Å². The predicted molar refractivity (Wildman–Crippen MR) is 121 cm³/mol. The van der Waals surface area contributed by atoms with Gasteiger partial charge >= 0.3 is 0 Å². The highest BCUT2D eigenvalue weighted by molar-refractivity contribution is 7.89. The minimum atomic E-state index is -3.62. The molecular weight excluding hydrogens is 412 g/mol. The van der Waals surface area contributed by atoms with E-state index >= 15 is 0 Å². The average molecular weight is 439 g/mol. The molecule has 1 aliphatic heterocycles. The smallest absolute Gasteiger partial charge is 0.243 e. The van der Waals surface area contributed by atoms with Gasteiger partial charge in [0.1, 0.15) is 5.75 Å². The first-order valence-electron chi connectivity index (χ1n) is 10.2. The Morgan fingerprint density at radius 3 is 2.03 bits per heavy atom. The van der Waals surface area contributed by atoms with Gasteiger partial charge < -0.3 is 14.8 Å². The van der Waals surface area contributed by atoms with Crippen molar-refractivity contribution >= 4 is 15.7 Å². The van der Waals surface area contributed by atoms with Gasteiger partial charge in [-0.25, -0.2) is 8.42 Å². The first-order valence-corrected chi connectivity index (χ1v) is 11.7. The van der Waals surface area contributed by atoms with Gasteiger partial charge in [-0.3, -0.25) is 0 Å². The number of methoxy groups -OCH3 is 1. The van der Waals surface area contributed by atoms with Gasteiger partial charge in [-0.2, -0.15) is 4.31 Å². The molecule has 1 heterocycles. The van der Waals surface area contributed by atoms with Crippen molar-refractivity contribution in [1.82, 2.24) is 4.31 Å². The Morgan fingerprint density at radius 1 is 0.903 bits per heavy atom. The molecule has 0 aromatic heterocycles. The Bertz CT molecular complexity index is 1060. The molecule has 0 radical (unpaired) electrons. The Morgan fingerprint density at radius 2 is 1.48 bits per heavy atom. The predicted octanol–water partition coefficient (Wildman–Crippen LogP) is 3.92. The fraction of sp³-hybridized carbons (Fsp3) is 0.250. The normalized spacial score (nSPS) is 15.0. The van der Waals surface area contributed by atoms with Gasteiger partial charge in [0.25, 0.3) is 0 Å². The summed E-state index contributed by atoms with van der Waals surface area (Å²) in [5.74, 6) is 0.581. The van der Waals surface area contributed by atoms with E-state index in [0.717, 1.165) is 11.1 Å². The van der Waals surface area contributed by atoms with Gasteiger partial charge in [0.2, 0.25) is 10.0 Å². The second kappa shape index (κ2) is 9.51. The number of sulfonamides is 1. The molecule has 0 amide bonds. The minimum absolute atomic E-state index is 0.169. The van der Waals surface area contributed by atoms with Crippen molar-refractivity contribution in [2.75, 3.05) is 38.7 Å². The summed E-state index contributed by atoms with van der Waals surface area (Å²) in [5.41, 5.74) is 2.75. The third-order valence-corrected chi connectivity index (χ3v) is 7.24. The van der Waals surface area contributed by atoms with E-state index in [1.54, 1.807) is 25.3 Å². The van der Waals surface area contributed by atoms with Crippen molar-refractivity contribution in [3.63, 3.8) is 0 Å². The third kappa shape index (κ3) is 4.74. The zero-order valence-corrected chi connectivity index (χ0v) is 18.2. The molecule has 1 saturated heterocycles. The average Bonchev–Trinajstić information content (AvgIpc) is 2.84. The Balaban J connectivity index is 1.72. The lowest BCUT2D eigenvalue weighted by Crippen LogP contribution is -2.40. The maximum atomic E-state index is 13.2. The maximum absolute atomic E-state index is 13.2. The highest BCUT2D eigenvalue weighted by Crippen LogP contribution is 2.34. The number of rotatable bonds is 7. The number of nitrogens with zero attached hydrogens (tertiary/aromatic N) is 1. The molecule has 0 unspecified atom stereocenters. The summed E-state index contributed by atoms with van der Waals surface area (Å²) in [7, 11) is -2.04. The largest absolute Gasteiger partial charge is 0.495 e. The lowest BCUT2D eigenvalue weighted by Gasteiger charge is -2.27. The summed E-state index contributed by atoms with van der Waals surface area (Å²) < 4.78 is 38.6. The van der Waals surface area contributed by atoms with Gasteiger partial charge in [-0.05, 0) is 29.3 Å². The molecule has 3 aromatic carbocycles. The molecule has 7 heteroatoms. The van der Waals surface area contributed by atoms with Crippen LogP contribution in [-0.4, -0.2) is 46.1 Å².